The van der Waals surface area contributed by atoms with Crippen LogP contribution in [0.2, 0.25) is 0 Å². The van der Waals surface area contributed by atoms with Gasteiger partial charge in [-0.3, -0.25) is 4.40 Å². The summed E-state index contributed by atoms with van der Waals surface area (Å²) in [5, 5.41) is 4.53. The number of fused-ring (bicyclic) bond motifs is 2. The van der Waals surface area contributed by atoms with Gasteiger partial charge in [-0.25, -0.2) is 19.9 Å². The lowest BCUT2D eigenvalue weighted by Gasteiger charge is -2.33. The molecular weight excluding hydrogens is 402 g/mol. The van der Waals surface area contributed by atoms with E-state index in [2.05, 4.69) is 59.2 Å². The molecule has 160 valence electrons. The second kappa shape index (κ2) is 7.61. The van der Waals surface area contributed by atoms with Gasteiger partial charge in [0.05, 0.1) is 11.9 Å². The molecule has 1 aliphatic rings. The van der Waals surface area contributed by atoms with E-state index in [9.17, 15) is 0 Å². The zero-order valence-corrected chi connectivity index (χ0v) is 17.7. The van der Waals surface area contributed by atoms with Gasteiger partial charge in [-0.1, -0.05) is 0 Å². The molecule has 0 radical (unpaired) electrons. The van der Waals surface area contributed by atoms with E-state index in [0.29, 0.717) is 5.78 Å². The zero-order valence-electron chi connectivity index (χ0n) is 17.7. The molecule has 0 saturated carbocycles. The van der Waals surface area contributed by atoms with Gasteiger partial charge >= 0.3 is 0 Å². The van der Waals surface area contributed by atoms with Crippen molar-refractivity contribution >= 4 is 34.0 Å². The minimum atomic E-state index is 0.683. The summed E-state index contributed by atoms with van der Waals surface area (Å²) in [5.74, 6) is 1.68. The van der Waals surface area contributed by atoms with Gasteiger partial charge in [-0.15, -0.1) is 0 Å². The molecule has 0 atom stereocenters. The molecule has 0 unspecified atom stereocenters. The first-order valence-electron chi connectivity index (χ1n) is 10.7. The van der Waals surface area contributed by atoms with Crippen LogP contribution in [0.4, 0.5) is 17.2 Å². The van der Waals surface area contributed by atoms with Crippen molar-refractivity contribution in [3.8, 4) is 11.1 Å². The first-order chi connectivity index (χ1) is 15.7. The van der Waals surface area contributed by atoms with Crippen molar-refractivity contribution in [1.29, 1.82) is 0 Å². The van der Waals surface area contributed by atoms with Crippen molar-refractivity contribution in [3.05, 3.63) is 61.6 Å². The number of piperazine rings is 1. The lowest BCUT2D eigenvalue weighted by Crippen LogP contribution is -2.44. The van der Waals surface area contributed by atoms with Crippen LogP contribution in [0.1, 0.15) is 0 Å². The standard InChI is InChI=1S/C23H23N9/c1-30-6-8-31(9-7-30)21-11-17(2-3-24-21)29-18-10-19-20(14-27-22(19)26-13-18)16-12-28-23-25-4-5-32(23)15-16/h2-5,10-15H,6-9H2,1H3,(H,24,29)(H,26,27). The number of likely N-dealkylation sites (N-methyl/N-ethyl adjacent to an activating group) is 1. The summed E-state index contributed by atoms with van der Waals surface area (Å²) < 4.78 is 1.92. The monoisotopic (exact) mass is 425 g/mol. The predicted molar refractivity (Wildman–Crippen MR) is 125 cm³/mol. The maximum absolute atomic E-state index is 4.61. The third-order valence-electron chi connectivity index (χ3n) is 5.95. The Bertz CT molecular complexity index is 1400. The summed E-state index contributed by atoms with van der Waals surface area (Å²) >= 11 is 0. The molecule has 0 aromatic carbocycles. The number of imidazole rings is 1. The van der Waals surface area contributed by atoms with Crippen LogP contribution in [0, 0.1) is 0 Å². The van der Waals surface area contributed by atoms with Crippen LogP contribution < -0.4 is 10.2 Å². The molecule has 0 amide bonds. The number of H-pyrrole nitrogens is 1. The molecule has 1 saturated heterocycles. The minimum absolute atomic E-state index is 0.683. The van der Waals surface area contributed by atoms with E-state index in [1.165, 1.54) is 0 Å². The topological polar surface area (TPSA) is 90.3 Å². The fourth-order valence-electron chi connectivity index (χ4n) is 4.14. The van der Waals surface area contributed by atoms with Crippen molar-refractivity contribution in [1.82, 2.24) is 34.2 Å². The Kier molecular flexibility index (Phi) is 4.46. The van der Waals surface area contributed by atoms with E-state index in [1.807, 2.05) is 47.6 Å². The van der Waals surface area contributed by atoms with E-state index in [-0.39, 0.29) is 0 Å². The van der Waals surface area contributed by atoms with Gasteiger partial charge in [0.15, 0.2) is 0 Å². The Balaban J connectivity index is 1.30. The number of aromatic nitrogens is 6. The SMILES string of the molecule is CN1CCN(c2cc(Nc3cnc4[nH]cc(-c5cnc6nccn6c5)c4c3)ccn2)CC1. The largest absolute Gasteiger partial charge is 0.354 e. The van der Waals surface area contributed by atoms with Crippen molar-refractivity contribution in [2.75, 3.05) is 43.4 Å². The minimum Gasteiger partial charge on any atom is -0.354 e. The number of nitrogens with one attached hydrogen (secondary N) is 2. The summed E-state index contributed by atoms with van der Waals surface area (Å²) in [6, 6.07) is 6.20. The molecule has 5 aromatic rings. The number of nitrogens with zero attached hydrogens (tertiary/aromatic N) is 7. The molecule has 9 heteroatoms. The van der Waals surface area contributed by atoms with Crippen LogP contribution in [-0.2, 0) is 0 Å². The third kappa shape index (κ3) is 3.42. The summed E-state index contributed by atoms with van der Waals surface area (Å²) in [4.78, 5) is 25.8. The van der Waals surface area contributed by atoms with Crippen molar-refractivity contribution in [3.63, 3.8) is 0 Å². The maximum Gasteiger partial charge on any atom is 0.233 e. The molecule has 1 fully saturated rings. The average Bonchev–Trinajstić information content (AvgIpc) is 3.46. The molecule has 1 aliphatic heterocycles. The van der Waals surface area contributed by atoms with E-state index in [0.717, 1.165) is 65.5 Å². The van der Waals surface area contributed by atoms with Gasteiger partial charge in [-0.2, -0.15) is 0 Å². The number of rotatable bonds is 4. The number of pyridine rings is 2. The summed E-state index contributed by atoms with van der Waals surface area (Å²) in [6.45, 7) is 4.08. The van der Waals surface area contributed by atoms with Gasteiger partial charge in [0.2, 0.25) is 5.78 Å². The molecule has 6 heterocycles. The van der Waals surface area contributed by atoms with Crippen LogP contribution in [0.5, 0.6) is 0 Å². The number of aromatic amines is 1. The number of hydrogen-bond donors (Lipinski definition) is 2. The summed E-state index contributed by atoms with van der Waals surface area (Å²) in [5.41, 5.74) is 4.80. The van der Waals surface area contributed by atoms with Gasteiger partial charge in [-0.05, 0) is 19.2 Å². The lowest BCUT2D eigenvalue weighted by atomic mass is 10.1. The third-order valence-corrected chi connectivity index (χ3v) is 5.95. The lowest BCUT2D eigenvalue weighted by molar-refractivity contribution is 0.312. The van der Waals surface area contributed by atoms with E-state index in [4.69, 9.17) is 0 Å². The Labute approximate surface area is 184 Å². The van der Waals surface area contributed by atoms with Gasteiger partial charge in [0.25, 0.3) is 0 Å². The van der Waals surface area contributed by atoms with Crippen molar-refractivity contribution in [2.24, 2.45) is 0 Å². The molecular formula is C23H23N9. The molecule has 9 nitrogen and oxygen atoms in total. The smallest absolute Gasteiger partial charge is 0.233 e. The molecule has 0 spiro atoms. The highest BCUT2D eigenvalue weighted by Crippen LogP contribution is 2.30. The second-order valence-electron chi connectivity index (χ2n) is 8.12. The second-order valence-corrected chi connectivity index (χ2v) is 8.12. The fraction of sp³-hybridized carbons (Fsp3) is 0.217. The Hall–Kier alpha value is -3.98. The highest BCUT2D eigenvalue weighted by atomic mass is 15.3. The van der Waals surface area contributed by atoms with E-state index < -0.39 is 0 Å². The summed E-state index contributed by atoms with van der Waals surface area (Å²) in [6.07, 6.45) is 13.2. The summed E-state index contributed by atoms with van der Waals surface area (Å²) in [7, 11) is 2.16. The molecule has 0 bridgehead atoms. The van der Waals surface area contributed by atoms with Crippen LogP contribution in [0.15, 0.2) is 61.6 Å². The Morgan fingerprint density at radius 3 is 2.75 bits per heavy atom. The van der Waals surface area contributed by atoms with Crippen molar-refractivity contribution in [2.45, 2.75) is 0 Å². The van der Waals surface area contributed by atoms with Crippen LogP contribution >= 0.6 is 0 Å². The Morgan fingerprint density at radius 2 is 1.84 bits per heavy atom. The van der Waals surface area contributed by atoms with E-state index >= 15 is 0 Å². The van der Waals surface area contributed by atoms with Crippen LogP contribution in [0.3, 0.4) is 0 Å². The molecule has 0 aliphatic carbocycles. The quantitative estimate of drug-likeness (QED) is 0.457. The van der Waals surface area contributed by atoms with E-state index in [1.54, 1.807) is 6.20 Å². The molecule has 5 aromatic heterocycles. The first-order valence-corrected chi connectivity index (χ1v) is 10.7. The number of hydrogen-bond acceptors (Lipinski definition) is 7. The molecule has 6 rings (SSSR count). The average molecular weight is 426 g/mol. The van der Waals surface area contributed by atoms with Gasteiger partial charge < -0.3 is 20.1 Å². The normalized spacial score (nSPS) is 15.0. The van der Waals surface area contributed by atoms with Gasteiger partial charge in [0.1, 0.15) is 11.5 Å². The van der Waals surface area contributed by atoms with Crippen LogP contribution in [0.25, 0.3) is 27.9 Å². The number of anilines is 3. The van der Waals surface area contributed by atoms with Gasteiger partial charge in [0, 0.05) is 91.6 Å². The molecule has 2 N–H and O–H groups in total. The Morgan fingerprint density at radius 1 is 0.938 bits per heavy atom. The van der Waals surface area contributed by atoms with Crippen molar-refractivity contribution < 1.29 is 0 Å². The van der Waals surface area contributed by atoms with Crippen LogP contribution in [-0.4, -0.2) is 67.4 Å². The zero-order chi connectivity index (χ0) is 21.5. The highest BCUT2D eigenvalue weighted by molar-refractivity contribution is 5.95. The highest BCUT2D eigenvalue weighted by Gasteiger charge is 2.16. The fourth-order valence-corrected chi connectivity index (χ4v) is 4.14. The first kappa shape index (κ1) is 18.8. The maximum atomic E-state index is 4.61. The molecule has 32 heavy (non-hydrogen) atoms. The predicted octanol–water partition coefficient (Wildman–Crippen LogP) is 3.16.